The first-order valence-electron chi connectivity index (χ1n) is 11.9. The molecular weight excluding hydrogens is 404 g/mol. The molecular formula is C24H30N6O2. The third-order valence-electron chi connectivity index (χ3n) is 6.72. The van der Waals surface area contributed by atoms with Gasteiger partial charge >= 0.3 is 0 Å². The Morgan fingerprint density at radius 2 is 1.91 bits per heavy atom. The van der Waals surface area contributed by atoms with E-state index in [1.165, 1.54) is 17.5 Å². The predicted octanol–water partition coefficient (Wildman–Crippen LogP) is 3.14. The second-order valence-corrected chi connectivity index (χ2v) is 8.95. The molecule has 5 rings (SSSR count). The van der Waals surface area contributed by atoms with Crippen LogP contribution < -0.4 is 5.56 Å². The number of nitrogens with zero attached hydrogens (tertiary/aromatic N) is 6. The van der Waals surface area contributed by atoms with Crippen LogP contribution in [0.25, 0.3) is 10.8 Å². The van der Waals surface area contributed by atoms with Crippen molar-refractivity contribution in [1.29, 1.82) is 0 Å². The smallest absolute Gasteiger partial charge is 0.274 e. The molecule has 0 spiro atoms. The van der Waals surface area contributed by atoms with Crippen molar-refractivity contribution in [2.24, 2.45) is 0 Å². The van der Waals surface area contributed by atoms with E-state index in [0.717, 1.165) is 50.3 Å². The van der Waals surface area contributed by atoms with Gasteiger partial charge in [0.1, 0.15) is 11.6 Å². The van der Waals surface area contributed by atoms with Gasteiger partial charge in [-0.1, -0.05) is 31.5 Å². The lowest BCUT2D eigenvalue weighted by Crippen LogP contribution is -2.41. The number of carbonyl (C=O) groups is 1. The number of amides is 1. The second kappa shape index (κ2) is 8.84. The van der Waals surface area contributed by atoms with Crippen LogP contribution in [0.1, 0.15) is 73.5 Å². The number of fused-ring (bicyclic) bond motifs is 2. The van der Waals surface area contributed by atoms with Crippen molar-refractivity contribution < 1.29 is 4.79 Å². The Hall–Kier alpha value is -3.03. The van der Waals surface area contributed by atoms with Gasteiger partial charge in [-0.3, -0.25) is 9.59 Å². The van der Waals surface area contributed by atoms with Gasteiger partial charge in [-0.2, -0.15) is 5.10 Å². The van der Waals surface area contributed by atoms with E-state index in [-0.39, 0.29) is 17.4 Å². The molecule has 2 aromatic heterocycles. The van der Waals surface area contributed by atoms with Crippen molar-refractivity contribution in [2.45, 2.75) is 70.9 Å². The highest BCUT2D eigenvalue weighted by atomic mass is 16.2. The third-order valence-corrected chi connectivity index (χ3v) is 6.72. The summed E-state index contributed by atoms with van der Waals surface area (Å²) in [5.41, 5.74) is 0.232. The zero-order valence-electron chi connectivity index (χ0n) is 18.7. The SMILES string of the molecule is CCCn1nc(C(=O)N2CCC[C@@H](c3nnc4n3CCCCC4)C2)c2ccccc2c1=O. The molecule has 0 aliphatic carbocycles. The molecule has 0 radical (unpaired) electrons. The van der Waals surface area contributed by atoms with E-state index < -0.39 is 0 Å². The lowest BCUT2D eigenvalue weighted by molar-refractivity contribution is 0.0696. The minimum Gasteiger partial charge on any atom is -0.337 e. The number of carbonyl (C=O) groups excluding carboxylic acids is 1. The van der Waals surface area contributed by atoms with Gasteiger partial charge in [0.15, 0.2) is 5.69 Å². The first-order valence-corrected chi connectivity index (χ1v) is 11.9. The molecule has 2 aliphatic rings. The first kappa shape index (κ1) is 20.8. The molecule has 1 aromatic carbocycles. The maximum absolute atomic E-state index is 13.6. The topological polar surface area (TPSA) is 85.9 Å². The Labute approximate surface area is 187 Å². The van der Waals surface area contributed by atoms with E-state index in [2.05, 4.69) is 19.9 Å². The van der Waals surface area contributed by atoms with Crippen LogP contribution in [0.2, 0.25) is 0 Å². The standard InChI is InChI=1S/C24H30N6O2/c1-2-13-30-23(31)19-11-6-5-10-18(19)21(27-30)24(32)28-14-8-9-17(16-28)22-26-25-20-12-4-3-7-15-29(20)22/h5-6,10-11,17H,2-4,7-9,12-16H2,1H3/t17-/m1/s1. The number of benzene rings is 1. The number of hydrogen-bond donors (Lipinski definition) is 0. The minimum atomic E-state index is -0.137. The van der Waals surface area contributed by atoms with Crippen molar-refractivity contribution >= 4 is 16.7 Å². The average Bonchev–Trinajstić information content (AvgIpc) is 3.09. The van der Waals surface area contributed by atoms with Gasteiger partial charge in [-0.15, -0.1) is 10.2 Å². The zero-order valence-corrected chi connectivity index (χ0v) is 18.7. The van der Waals surface area contributed by atoms with Crippen LogP contribution in [0.15, 0.2) is 29.1 Å². The van der Waals surface area contributed by atoms with E-state index in [9.17, 15) is 9.59 Å². The molecule has 32 heavy (non-hydrogen) atoms. The molecule has 4 heterocycles. The summed E-state index contributed by atoms with van der Waals surface area (Å²) in [7, 11) is 0. The Kier molecular flexibility index (Phi) is 5.76. The minimum absolute atomic E-state index is 0.105. The molecule has 8 heteroatoms. The summed E-state index contributed by atoms with van der Waals surface area (Å²) < 4.78 is 3.73. The summed E-state index contributed by atoms with van der Waals surface area (Å²) >= 11 is 0. The highest BCUT2D eigenvalue weighted by molar-refractivity contribution is 6.04. The van der Waals surface area contributed by atoms with Gasteiger partial charge in [0.05, 0.1) is 5.39 Å². The highest BCUT2D eigenvalue weighted by Crippen LogP contribution is 2.29. The van der Waals surface area contributed by atoms with Crippen LogP contribution in [-0.2, 0) is 19.5 Å². The summed E-state index contributed by atoms with van der Waals surface area (Å²) in [6, 6.07) is 7.30. The predicted molar refractivity (Wildman–Crippen MR) is 122 cm³/mol. The lowest BCUT2D eigenvalue weighted by Gasteiger charge is -2.32. The Bertz CT molecular complexity index is 1200. The van der Waals surface area contributed by atoms with Crippen LogP contribution in [-0.4, -0.2) is 48.4 Å². The van der Waals surface area contributed by atoms with Crippen LogP contribution in [0, 0.1) is 0 Å². The Morgan fingerprint density at radius 1 is 1.06 bits per heavy atom. The zero-order chi connectivity index (χ0) is 22.1. The number of likely N-dealkylation sites (tertiary alicyclic amines) is 1. The number of aryl methyl sites for hydroxylation is 2. The van der Waals surface area contributed by atoms with Crippen molar-refractivity contribution in [3.8, 4) is 0 Å². The molecule has 1 saturated heterocycles. The average molecular weight is 435 g/mol. The van der Waals surface area contributed by atoms with Crippen molar-refractivity contribution in [3.63, 3.8) is 0 Å². The fourth-order valence-corrected chi connectivity index (χ4v) is 5.09. The highest BCUT2D eigenvalue weighted by Gasteiger charge is 2.31. The van der Waals surface area contributed by atoms with Gasteiger partial charge in [-0.25, -0.2) is 4.68 Å². The molecule has 8 nitrogen and oxygen atoms in total. The summed E-state index contributed by atoms with van der Waals surface area (Å²) in [6.07, 6.45) is 7.24. The maximum atomic E-state index is 13.6. The summed E-state index contributed by atoms with van der Waals surface area (Å²) in [5.74, 6) is 2.18. The molecule has 1 amide bonds. The number of rotatable bonds is 4. The normalized spacial score (nSPS) is 19.0. The van der Waals surface area contributed by atoms with Crippen LogP contribution >= 0.6 is 0 Å². The molecule has 0 N–H and O–H groups in total. The largest absolute Gasteiger partial charge is 0.337 e. The van der Waals surface area contributed by atoms with Crippen molar-refractivity contribution in [2.75, 3.05) is 13.1 Å². The monoisotopic (exact) mass is 434 g/mol. The van der Waals surface area contributed by atoms with E-state index in [4.69, 9.17) is 0 Å². The fourth-order valence-electron chi connectivity index (χ4n) is 5.09. The first-order chi connectivity index (χ1) is 15.7. The molecule has 1 fully saturated rings. The van der Waals surface area contributed by atoms with Gasteiger partial charge < -0.3 is 9.47 Å². The molecule has 0 bridgehead atoms. The molecule has 1 atom stereocenters. The van der Waals surface area contributed by atoms with Crippen molar-refractivity contribution in [1.82, 2.24) is 29.4 Å². The van der Waals surface area contributed by atoms with Crippen LogP contribution in [0.4, 0.5) is 0 Å². The second-order valence-electron chi connectivity index (χ2n) is 8.95. The fraction of sp³-hybridized carbons (Fsp3) is 0.542. The lowest BCUT2D eigenvalue weighted by atomic mass is 9.96. The molecule has 0 saturated carbocycles. The van der Waals surface area contributed by atoms with Gasteiger partial charge in [0.25, 0.3) is 11.5 Å². The number of hydrogen-bond acceptors (Lipinski definition) is 5. The molecule has 0 unspecified atom stereocenters. The maximum Gasteiger partial charge on any atom is 0.274 e. The van der Waals surface area contributed by atoms with Crippen LogP contribution in [0.5, 0.6) is 0 Å². The number of aromatic nitrogens is 5. The van der Waals surface area contributed by atoms with Gasteiger partial charge in [0, 0.05) is 43.9 Å². The Balaban J connectivity index is 1.47. The van der Waals surface area contributed by atoms with E-state index >= 15 is 0 Å². The third kappa shape index (κ3) is 3.72. The molecule has 3 aromatic rings. The van der Waals surface area contributed by atoms with E-state index in [1.807, 2.05) is 30.0 Å². The Morgan fingerprint density at radius 3 is 2.75 bits per heavy atom. The van der Waals surface area contributed by atoms with Crippen molar-refractivity contribution in [3.05, 3.63) is 52.0 Å². The van der Waals surface area contributed by atoms with Gasteiger partial charge in [0.2, 0.25) is 0 Å². The van der Waals surface area contributed by atoms with Gasteiger partial charge in [-0.05, 0) is 38.2 Å². The molecule has 2 aliphatic heterocycles. The summed E-state index contributed by atoms with van der Waals surface area (Å²) in [4.78, 5) is 28.3. The molecule has 168 valence electrons. The quantitative estimate of drug-likeness (QED) is 0.630. The number of piperidine rings is 1. The van der Waals surface area contributed by atoms with E-state index in [1.54, 1.807) is 6.07 Å². The van der Waals surface area contributed by atoms with E-state index in [0.29, 0.717) is 36.1 Å². The summed E-state index contributed by atoms with van der Waals surface area (Å²) in [6.45, 7) is 4.77. The van der Waals surface area contributed by atoms with Crippen LogP contribution in [0.3, 0.4) is 0 Å². The summed E-state index contributed by atoms with van der Waals surface area (Å²) in [5, 5.41) is 14.7.